The third-order valence-electron chi connectivity index (χ3n) is 1.94. The zero-order valence-electron chi connectivity index (χ0n) is 14.2. The topological polar surface area (TPSA) is 23.8 Å². The van der Waals surface area contributed by atoms with Gasteiger partial charge < -0.3 is 0 Å². The molecular formula is C19H28ClN. The standard InChI is InChI=1S/C8H9N.C7H7Cl.2C2H6/c1-4-5-8(6-9)7(2)3;1-6-4-2-3-5-7(6)8;2*1-2/h4-5H,1-2H2,3H3;2-5H,1H3;2*1-2H3/b8-5-;;;. The smallest absolute Gasteiger partial charge is 0.0994 e. The number of allylic oxidation sites excluding steroid dienone is 4. The van der Waals surface area contributed by atoms with Gasteiger partial charge in [-0.3, -0.25) is 0 Å². The van der Waals surface area contributed by atoms with Crippen LogP contribution in [0, 0.1) is 18.3 Å². The van der Waals surface area contributed by atoms with Gasteiger partial charge >= 0.3 is 0 Å². The summed E-state index contributed by atoms with van der Waals surface area (Å²) in [6.07, 6.45) is 3.22. The number of benzene rings is 1. The summed E-state index contributed by atoms with van der Waals surface area (Å²) in [5, 5.41) is 9.24. The highest BCUT2D eigenvalue weighted by atomic mass is 35.5. The molecule has 0 fully saturated rings. The first-order valence-corrected chi connectivity index (χ1v) is 7.50. The van der Waals surface area contributed by atoms with Crippen LogP contribution in [0.4, 0.5) is 0 Å². The van der Waals surface area contributed by atoms with Crippen molar-refractivity contribution in [2.45, 2.75) is 41.5 Å². The van der Waals surface area contributed by atoms with Crippen molar-refractivity contribution < 1.29 is 0 Å². The van der Waals surface area contributed by atoms with Crippen LogP contribution in [-0.4, -0.2) is 0 Å². The average Bonchev–Trinajstić information content (AvgIpc) is 2.52. The summed E-state index contributed by atoms with van der Waals surface area (Å²) in [6, 6.07) is 9.77. The van der Waals surface area contributed by atoms with Gasteiger partial charge in [0.25, 0.3) is 0 Å². The number of hydrogen-bond acceptors (Lipinski definition) is 1. The third-order valence-corrected chi connectivity index (χ3v) is 2.37. The van der Waals surface area contributed by atoms with Crippen molar-refractivity contribution >= 4 is 11.6 Å². The van der Waals surface area contributed by atoms with Crippen molar-refractivity contribution in [1.82, 2.24) is 0 Å². The predicted molar refractivity (Wildman–Crippen MR) is 97.6 cm³/mol. The van der Waals surface area contributed by atoms with Crippen LogP contribution in [0.3, 0.4) is 0 Å². The van der Waals surface area contributed by atoms with E-state index in [9.17, 15) is 0 Å². The molecule has 0 saturated heterocycles. The van der Waals surface area contributed by atoms with E-state index in [0.29, 0.717) is 5.57 Å². The summed E-state index contributed by atoms with van der Waals surface area (Å²) in [4.78, 5) is 0. The minimum atomic E-state index is 0.588. The minimum Gasteiger partial charge on any atom is -0.192 e. The summed E-state index contributed by atoms with van der Waals surface area (Å²) >= 11 is 5.71. The molecule has 0 aromatic heterocycles. The fourth-order valence-corrected chi connectivity index (χ4v) is 1.08. The van der Waals surface area contributed by atoms with Crippen LogP contribution in [0.5, 0.6) is 0 Å². The number of nitriles is 1. The van der Waals surface area contributed by atoms with Crippen LogP contribution in [0.2, 0.25) is 5.02 Å². The monoisotopic (exact) mass is 305 g/mol. The zero-order chi connectivity index (χ0) is 17.3. The Morgan fingerprint density at radius 1 is 1.19 bits per heavy atom. The van der Waals surface area contributed by atoms with Crippen molar-refractivity contribution in [2.24, 2.45) is 0 Å². The molecule has 0 atom stereocenters. The van der Waals surface area contributed by atoms with Gasteiger partial charge in [0.2, 0.25) is 0 Å². The van der Waals surface area contributed by atoms with E-state index in [1.807, 2.05) is 65.0 Å². The third kappa shape index (κ3) is 14.4. The summed E-state index contributed by atoms with van der Waals surface area (Å²) in [5.41, 5.74) is 2.50. The lowest BCUT2D eigenvalue weighted by Gasteiger charge is -1.90. The molecular weight excluding hydrogens is 278 g/mol. The zero-order valence-corrected chi connectivity index (χ0v) is 15.0. The first-order chi connectivity index (χ1) is 10.0. The average molecular weight is 306 g/mol. The second kappa shape index (κ2) is 18.2. The largest absolute Gasteiger partial charge is 0.192 e. The van der Waals surface area contributed by atoms with Gasteiger partial charge in [0.15, 0.2) is 0 Å². The molecule has 1 aromatic rings. The fraction of sp³-hybridized carbons (Fsp3) is 0.316. The number of hydrogen-bond donors (Lipinski definition) is 0. The Morgan fingerprint density at radius 2 is 1.67 bits per heavy atom. The van der Waals surface area contributed by atoms with Crippen LogP contribution in [0.1, 0.15) is 40.2 Å². The lowest BCUT2D eigenvalue weighted by Crippen LogP contribution is -1.75. The molecule has 0 amide bonds. The predicted octanol–water partition coefficient (Wildman–Crippen LogP) is 6.90. The highest BCUT2D eigenvalue weighted by Crippen LogP contribution is 2.11. The molecule has 0 aliphatic heterocycles. The quantitative estimate of drug-likeness (QED) is 0.430. The Balaban J connectivity index is -0.000000250. The summed E-state index contributed by atoms with van der Waals surface area (Å²) < 4.78 is 0. The van der Waals surface area contributed by atoms with E-state index in [0.717, 1.165) is 16.2 Å². The Labute approximate surface area is 136 Å². The Bertz CT molecular complexity index is 444. The van der Waals surface area contributed by atoms with Crippen LogP contribution in [0.15, 0.2) is 60.7 Å². The molecule has 0 aliphatic carbocycles. The van der Waals surface area contributed by atoms with E-state index in [4.69, 9.17) is 16.9 Å². The molecule has 116 valence electrons. The van der Waals surface area contributed by atoms with E-state index in [1.165, 1.54) is 0 Å². The van der Waals surface area contributed by atoms with Crippen LogP contribution < -0.4 is 0 Å². The van der Waals surface area contributed by atoms with Gasteiger partial charge in [-0.1, -0.05) is 76.7 Å². The minimum absolute atomic E-state index is 0.588. The lowest BCUT2D eigenvalue weighted by atomic mass is 10.1. The van der Waals surface area contributed by atoms with Crippen LogP contribution in [0.25, 0.3) is 0 Å². The molecule has 0 heterocycles. The van der Waals surface area contributed by atoms with Gasteiger partial charge in [0, 0.05) is 5.02 Å². The highest BCUT2D eigenvalue weighted by molar-refractivity contribution is 6.31. The van der Waals surface area contributed by atoms with Crippen molar-refractivity contribution in [3.05, 3.63) is 71.3 Å². The molecule has 0 N–H and O–H groups in total. The van der Waals surface area contributed by atoms with Gasteiger partial charge in [-0.05, 0) is 37.1 Å². The summed E-state index contributed by atoms with van der Waals surface area (Å²) in [5.74, 6) is 0. The maximum absolute atomic E-state index is 8.40. The molecule has 0 saturated carbocycles. The maximum Gasteiger partial charge on any atom is 0.0994 e. The fourth-order valence-electron chi connectivity index (χ4n) is 0.944. The SMILES string of the molecule is C=C/C=C(/C#N)C(=C)C.CC.CC.Cc1ccccc1Cl. The van der Waals surface area contributed by atoms with Gasteiger partial charge in [-0.25, -0.2) is 0 Å². The van der Waals surface area contributed by atoms with Gasteiger partial charge in [-0.2, -0.15) is 5.26 Å². The highest BCUT2D eigenvalue weighted by Gasteiger charge is 1.90. The Morgan fingerprint density at radius 3 is 1.86 bits per heavy atom. The van der Waals surface area contributed by atoms with Crippen molar-refractivity contribution in [2.75, 3.05) is 0 Å². The number of rotatable bonds is 2. The first kappa shape index (κ1) is 24.3. The number of aryl methyl sites for hydroxylation is 1. The summed E-state index contributed by atoms with van der Waals surface area (Å²) in [6.45, 7) is 18.8. The molecule has 1 rings (SSSR count). The second-order valence-corrected chi connectivity index (χ2v) is 3.86. The van der Waals surface area contributed by atoms with Crippen molar-refractivity contribution in [1.29, 1.82) is 5.26 Å². The molecule has 0 spiro atoms. The summed E-state index contributed by atoms with van der Waals surface area (Å²) in [7, 11) is 0. The van der Waals surface area contributed by atoms with Gasteiger partial charge in [0.05, 0.1) is 11.6 Å². The van der Waals surface area contributed by atoms with Crippen LogP contribution in [-0.2, 0) is 0 Å². The van der Waals surface area contributed by atoms with Crippen LogP contribution >= 0.6 is 11.6 Å². The molecule has 0 unspecified atom stereocenters. The molecule has 1 aromatic carbocycles. The first-order valence-electron chi connectivity index (χ1n) is 7.12. The molecule has 0 bridgehead atoms. The van der Waals surface area contributed by atoms with Crippen molar-refractivity contribution in [3.63, 3.8) is 0 Å². The van der Waals surface area contributed by atoms with E-state index < -0.39 is 0 Å². The Kier molecular flexibility index (Phi) is 21.0. The molecule has 21 heavy (non-hydrogen) atoms. The van der Waals surface area contributed by atoms with Gasteiger partial charge in [0.1, 0.15) is 0 Å². The molecule has 0 radical (unpaired) electrons. The normalized spacial score (nSPS) is 8.38. The Hall–Kier alpha value is -1.78. The van der Waals surface area contributed by atoms with E-state index >= 15 is 0 Å². The molecule has 1 nitrogen and oxygen atoms in total. The second-order valence-electron chi connectivity index (χ2n) is 3.46. The van der Waals surface area contributed by atoms with Gasteiger partial charge in [-0.15, -0.1) is 0 Å². The van der Waals surface area contributed by atoms with E-state index in [-0.39, 0.29) is 0 Å². The lowest BCUT2D eigenvalue weighted by molar-refractivity contribution is 1.42. The van der Waals surface area contributed by atoms with E-state index in [2.05, 4.69) is 13.2 Å². The molecule has 2 heteroatoms. The maximum atomic E-state index is 8.40. The molecule has 0 aliphatic rings. The van der Waals surface area contributed by atoms with Crippen molar-refractivity contribution in [3.8, 4) is 6.07 Å². The number of nitrogens with zero attached hydrogens (tertiary/aromatic N) is 1. The number of halogens is 1. The van der Waals surface area contributed by atoms with E-state index in [1.54, 1.807) is 19.1 Å².